The summed E-state index contributed by atoms with van der Waals surface area (Å²) >= 11 is 6.68. The number of aryl methyl sites for hydroxylation is 1. The van der Waals surface area contributed by atoms with Gasteiger partial charge in [-0.25, -0.2) is 4.98 Å². The second-order valence-corrected chi connectivity index (χ2v) is 5.95. The summed E-state index contributed by atoms with van der Waals surface area (Å²) in [7, 11) is 1.56. The third kappa shape index (κ3) is 3.37. The zero-order chi connectivity index (χ0) is 14.7. The Morgan fingerprint density at radius 2 is 2.00 bits per heavy atom. The molecule has 1 heterocycles. The Hall–Kier alpha value is -1.40. The Morgan fingerprint density at radius 3 is 2.60 bits per heavy atom. The van der Waals surface area contributed by atoms with Crippen molar-refractivity contribution >= 4 is 43.5 Å². The van der Waals surface area contributed by atoms with Gasteiger partial charge in [0.05, 0.1) is 12.8 Å². The number of hydrogen-bond donors (Lipinski definition) is 1. The van der Waals surface area contributed by atoms with Gasteiger partial charge in [0.1, 0.15) is 11.4 Å². The van der Waals surface area contributed by atoms with Crippen LogP contribution in [0.25, 0.3) is 0 Å². The van der Waals surface area contributed by atoms with Crippen molar-refractivity contribution in [2.75, 3.05) is 12.4 Å². The van der Waals surface area contributed by atoms with Gasteiger partial charge in [-0.3, -0.25) is 4.79 Å². The minimum Gasteiger partial charge on any atom is -0.495 e. The highest BCUT2D eigenvalue weighted by Gasteiger charge is 2.13. The highest BCUT2D eigenvalue weighted by molar-refractivity contribution is 9.10. The molecule has 104 valence electrons. The molecule has 0 aliphatic heterocycles. The molecule has 1 aromatic heterocycles. The van der Waals surface area contributed by atoms with Crippen molar-refractivity contribution in [2.24, 2.45) is 0 Å². The summed E-state index contributed by atoms with van der Waals surface area (Å²) in [4.78, 5) is 16.2. The number of nitrogens with zero attached hydrogens (tertiary/aromatic N) is 1. The molecule has 0 radical (unpaired) electrons. The summed E-state index contributed by atoms with van der Waals surface area (Å²) in [5, 5.41) is 2.83. The van der Waals surface area contributed by atoms with Crippen molar-refractivity contribution in [3.63, 3.8) is 0 Å². The van der Waals surface area contributed by atoms with Crippen molar-refractivity contribution in [1.82, 2.24) is 4.98 Å². The molecule has 6 heteroatoms. The van der Waals surface area contributed by atoms with E-state index in [1.165, 1.54) is 0 Å². The molecule has 0 saturated carbocycles. The van der Waals surface area contributed by atoms with Gasteiger partial charge in [0.2, 0.25) is 0 Å². The highest BCUT2D eigenvalue weighted by atomic mass is 79.9. The number of pyridine rings is 1. The van der Waals surface area contributed by atoms with Gasteiger partial charge in [-0.05, 0) is 52.7 Å². The summed E-state index contributed by atoms with van der Waals surface area (Å²) < 4.78 is 7.01. The molecule has 4 nitrogen and oxygen atoms in total. The quantitative estimate of drug-likeness (QED) is 0.842. The molecular formula is C14H12Br2N2O2. The average Bonchev–Trinajstić information content (AvgIpc) is 2.42. The lowest BCUT2D eigenvalue weighted by molar-refractivity contribution is 0.102. The second kappa shape index (κ2) is 6.37. The van der Waals surface area contributed by atoms with Gasteiger partial charge >= 0.3 is 0 Å². The van der Waals surface area contributed by atoms with Crippen LogP contribution in [0.1, 0.15) is 16.1 Å². The third-order valence-electron chi connectivity index (χ3n) is 2.68. The number of amides is 1. The van der Waals surface area contributed by atoms with Gasteiger partial charge in [-0.2, -0.15) is 0 Å². The van der Waals surface area contributed by atoms with Crippen molar-refractivity contribution in [1.29, 1.82) is 0 Å². The molecule has 0 bridgehead atoms. The smallest absolute Gasteiger partial charge is 0.274 e. The summed E-state index contributed by atoms with van der Waals surface area (Å²) in [5.74, 6) is 0.323. The van der Waals surface area contributed by atoms with E-state index in [4.69, 9.17) is 4.74 Å². The van der Waals surface area contributed by atoms with Gasteiger partial charge in [-0.15, -0.1) is 0 Å². The normalized spacial score (nSPS) is 10.2. The van der Waals surface area contributed by atoms with E-state index in [1.54, 1.807) is 31.5 Å². The fourth-order valence-corrected chi connectivity index (χ4v) is 2.51. The van der Waals surface area contributed by atoms with Crippen LogP contribution in [0.4, 0.5) is 5.69 Å². The van der Waals surface area contributed by atoms with Crippen LogP contribution in [0.2, 0.25) is 0 Å². The van der Waals surface area contributed by atoms with E-state index in [1.807, 2.05) is 13.0 Å². The molecule has 0 aliphatic rings. The highest BCUT2D eigenvalue weighted by Crippen LogP contribution is 2.32. The lowest BCUT2D eigenvalue weighted by atomic mass is 10.1. The molecule has 2 rings (SSSR count). The molecule has 0 fully saturated rings. The van der Waals surface area contributed by atoms with E-state index in [0.717, 1.165) is 14.5 Å². The first-order chi connectivity index (χ1) is 9.51. The molecule has 0 spiro atoms. The van der Waals surface area contributed by atoms with Gasteiger partial charge < -0.3 is 10.1 Å². The van der Waals surface area contributed by atoms with Crippen molar-refractivity contribution in [2.45, 2.75) is 6.92 Å². The molecule has 0 aliphatic carbocycles. The maximum atomic E-state index is 12.2. The first kappa shape index (κ1) is 15.0. The lowest BCUT2D eigenvalue weighted by Crippen LogP contribution is -2.15. The number of halogens is 2. The van der Waals surface area contributed by atoms with Crippen LogP contribution in [0.5, 0.6) is 5.75 Å². The number of carbonyl (C=O) groups is 1. The fourth-order valence-electron chi connectivity index (χ4n) is 1.72. The summed E-state index contributed by atoms with van der Waals surface area (Å²) in [5.41, 5.74) is 1.89. The number of hydrogen-bond acceptors (Lipinski definition) is 3. The Kier molecular flexibility index (Phi) is 4.77. The minimum atomic E-state index is -0.277. The zero-order valence-corrected chi connectivity index (χ0v) is 14.1. The van der Waals surface area contributed by atoms with Gasteiger partial charge in [-0.1, -0.05) is 15.9 Å². The fraction of sp³-hybridized carbons (Fsp3) is 0.143. The lowest BCUT2D eigenvalue weighted by Gasteiger charge is -2.13. The molecular weight excluding hydrogens is 388 g/mol. The van der Waals surface area contributed by atoms with Crippen LogP contribution in [0.15, 0.2) is 39.4 Å². The number of anilines is 1. The molecule has 0 saturated heterocycles. The van der Waals surface area contributed by atoms with E-state index in [0.29, 0.717) is 17.1 Å². The van der Waals surface area contributed by atoms with E-state index in [9.17, 15) is 4.79 Å². The predicted molar refractivity (Wildman–Crippen MR) is 85.3 cm³/mol. The maximum Gasteiger partial charge on any atom is 0.274 e. The van der Waals surface area contributed by atoms with Crippen LogP contribution in [-0.4, -0.2) is 18.0 Å². The zero-order valence-electron chi connectivity index (χ0n) is 10.9. The van der Waals surface area contributed by atoms with Gasteiger partial charge in [0.15, 0.2) is 0 Å². The van der Waals surface area contributed by atoms with Crippen LogP contribution >= 0.6 is 31.9 Å². The average molecular weight is 400 g/mol. The number of nitrogens with one attached hydrogen (secondary N) is 1. The number of ether oxygens (including phenoxy) is 1. The van der Waals surface area contributed by atoms with Crippen LogP contribution < -0.4 is 10.1 Å². The molecule has 0 atom stereocenters. The van der Waals surface area contributed by atoms with E-state index >= 15 is 0 Å². The first-order valence-corrected chi connectivity index (χ1v) is 7.37. The molecule has 2 aromatic rings. The number of aromatic nitrogens is 1. The van der Waals surface area contributed by atoms with Crippen molar-refractivity contribution < 1.29 is 9.53 Å². The molecule has 1 N–H and O–H groups in total. The third-order valence-corrected chi connectivity index (χ3v) is 3.61. The van der Waals surface area contributed by atoms with Gasteiger partial charge in [0.25, 0.3) is 5.91 Å². The Morgan fingerprint density at radius 1 is 1.25 bits per heavy atom. The number of carbonyl (C=O) groups excluding carboxylic acids is 1. The number of methoxy groups -OCH3 is 1. The molecule has 20 heavy (non-hydrogen) atoms. The van der Waals surface area contributed by atoms with Gasteiger partial charge in [0, 0.05) is 15.1 Å². The van der Waals surface area contributed by atoms with E-state index in [2.05, 4.69) is 42.2 Å². The second-order valence-electron chi connectivity index (χ2n) is 4.12. The minimum absolute atomic E-state index is 0.277. The molecule has 1 aromatic carbocycles. The Labute approximate surface area is 133 Å². The molecule has 0 unspecified atom stereocenters. The van der Waals surface area contributed by atoms with Crippen molar-refractivity contribution in [3.05, 3.63) is 50.7 Å². The Balaban J connectivity index is 2.30. The first-order valence-electron chi connectivity index (χ1n) is 5.78. The summed E-state index contributed by atoms with van der Waals surface area (Å²) in [6.07, 6.45) is 1.58. The summed E-state index contributed by atoms with van der Waals surface area (Å²) in [6, 6.07) is 7.14. The Bertz CT molecular complexity index is 642. The van der Waals surface area contributed by atoms with Crippen LogP contribution in [0, 0.1) is 6.92 Å². The van der Waals surface area contributed by atoms with Crippen LogP contribution in [0.3, 0.4) is 0 Å². The maximum absolute atomic E-state index is 12.2. The topological polar surface area (TPSA) is 51.2 Å². The predicted octanol–water partition coefficient (Wildman–Crippen LogP) is 4.18. The summed E-state index contributed by atoms with van der Waals surface area (Å²) in [6.45, 7) is 1.90. The largest absolute Gasteiger partial charge is 0.495 e. The number of benzene rings is 1. The SMILES string of the molecule is COc1cc(Br)cc(C)c1NC(=O)c1ccc(Br)cn1. The standard InChI is InChI=1S/C14H12Br2N2O2/c1-8-5-10(16)6-12(20-2)13(8)18-14(19)11-4-3-9(15)7-17-11/h3-7H,1-2H3,(H,18,19). The van der Waals surface area contributed by atoms with Crippen LogP contribution in [-0.2, 0) is 0 Å². The number of rotatable bonds is 3. The van der Waals surface area contributed by atoms with E-state index < -0.39 is 0 Å². The molecule has 1 amide bonds. The monoisotopic (exact) mass is 398 g/mol. The van der Waals surface area contributed by atoms with E-state index in [-0.39, 0.29) is 5.91 Å². The van der Waals surface area contributed by atoms with Crippen molar-refractivity contribution in [3.8, 4) is 5.75 Å².